The topological polar surface area (TPSA) is 59.6 Å². The molecule has 0 saturated carbocycles. The molecule has 0 bridgehead atoms. The van der Waals surface area contributed by atoms with Gasteiger partial charge in [0.2, 0.25) is 5.91 Å². The summed E-state index contributed by atoms with van der Waals surface area (Å²) in [6.07, 6.45) is 0.999. The highest BCUT2D eigenvalue weighted by Crippen LogP contribution is 2.36. The molecule has 5 nitrogen and oxygen atoms in total. The first-order valence-electron chi connectivity index (χ1n) is 8.27. The van der Waals surface area contributed by atoms with Gasteiger partial charge in [-0.1, -0.05) is 13.8 Å². The molecule has 0 aromatic heterocycles. The maximum atomic E-state index is 12.5. The largest absolute Gasteiger partial charge is 0.497 e. The standard InChI is InChI=1S/C18H28N2O3/c1-12(2)7-8-20-18(21)16-11-19-10-15(16)14-9-13(22-3)5-6-17(14)23-4/h5-6,9,12,15-16,19H,7-8,10-11H2,1-4H3,(H,20,21). The minimum atomic E-state index is -0.0804. The Morgan fingerprint density at radius 1 is 1.30 bits per heavy atom. The Hall–Kier alpha value is -1.75. The molecule has 23 heavy (non-hydrogen) atoms. The van der Waals surface area contributed by atoms with E-state index in [2.05, 4.69) is 24.5 Å². The first kappa shape index (κ1) is 17.6. The number of carbonyl (C=O) groups excluding carboxylic acids is 1. The minimum Gasteiger partial charge on any atom is -0.497 e. The zero-order chi connectivity index (χ0) is 16.8. The number of benzene rings is 1. The Bertz CT molecular complexity index is 531. The molecular weight excluding hydrogens is 292 g/mol. The first-order chi connectivity index (χ1) is 11.1. The Morgan fingerprint density at radius 3 is 2.74 bits per heavy atom. The fourth-order valence-electron chi connectivity index (χ4n) is 3.03. The molecule has 1 aromatic carbocycles. The zero-order valence-electron chi connectivity index (χ0n) is 14.5. The number of nitrogens with one attached hydrogen (secondary N) is 2. The quantitative estimate of drug-likeness (QED) is 0.808. The monoisotopic (exact) mass is 320 g/mol. The van der Waals surface area contributed by atoms with E-state index in [9.17, 15) is 4.79 Å². The number of rotatable bonds is 7. The van der Waals surface area contributed by atoms with Gasteiger partial charge in [-0.25, -0.2) is 0 Å². The third kappa shape index (κ3) is 4.38. The van der Waals surface area contributed by atoms with Crippen LogP contribution in [0.3, 0.4) is 0 Å². The zero-order valence-corrected chi connectivity index (χ0v) is 14.5. The van der Waals surface area contributed by atoms with Crippen LogP contribution in [-0.4, -0.2) is 39.8 Å². The third-order valence-corrected chi connectivity index (χ3v) is 4.41. The molecule has 0 spiro atoms. The lowest BCUT2D eigenvalue weighted by Gasteiger charge is -2.21. The second-order valence-electron chi connectivity index (χ2n) is 6.45. The summed E-state index contributed by atoms with van der Waals surface area (Å²) in [6.45, 7) is 6.51. The van der Waals surface area contributed by atoms with Gasteiger partial charge in [0, 0.05) is 31.1 Å². The number of ether oxygens (including phenoxy) is 2. The van der Waals surface area contributed by atoms with Crippen molar-refractivity contribution >= 4 is 5.91 Å². The van der Waals surface area contributed by atoms with Crippen molar-refractivity contribution in [3.8, 4) is 11.5 Å². The van der Waals surface area contributed by atoms with Gasteiger partial charge in [0.25, 0.3) is 0 Å². The second kappa shape index (κ2) is 8.20. The van der Waals surface area contributed by atoms with Crippen LogP contribution in [0, 0.1) is 11.8 Å². The smallest absolute Gasteiger partial charge is 0.225 e. The molecule has 2 N–H and O–H groups in total. The summed E-state index contributed by atoms with van der Waals surface area (Å²) in [7, 11) is 3.31. The van der Waals surface area contributed by atoms with E-state index >= 15 is 0 Å². The Morgan fingerprint density at radius 2 is 2.09 bits per heavy atom. The Kier molecular flexibility index (Phi) is 6.28. The molecular formula is C18H28N2O3. The van der Waals surface area contributed by atoms with Gasteiger partial charge in [-0.2, -0.15) is 0 Å². The van der Waals surface area contributed by atoms with Gasteiger partial charge in [-0.15, -0.1) is 0 Å². The van der Waals surface area contributed by atoms with Crippen molar-refractivity contribution in [2.45, 2.75) is 26.2 Å². The lowest BCUT2D eigenvalue weighted by atomic mass is 9.87. The van der Waals surface area contributed by atoms with Gasteiger partial charge in [0.05, 0.1) is 20.1 Å². The van der Waals surface area contributed by atoms with Gasteiger partial charge < -0.3 is 20.1 Å². The highest BCUT2D eigenvalue weighted by Gasteiger charge is 2.35. The number of hydrogen-bond donors (Lipinski definition) is 2. The van der Waals surface area contributed by atoms with Crippen LogP contribution < -0.4 is 20.1 Å². The SMILES string of the molecule is COc1ccc(OC)c(C2CNCC2C(=O)NCCC(C)C)c1. The molecule has 1 saturated heterocycles. The maximum Gasteiger partial charge on any atom is 0.225 e. The molecule has 1 aliphatic heterocycles. The molecule has 5 heteroatoms. The van der Waals surface area contributed by atoms with Crippen molar-refractivity contribution in [2.75, 3.05) is 33.9 Å². The Balaban J connectivity index is 2.13. The summed E-state index contributed by atoms with van der Waals surface area (Å²) in [6, 6.07) is 5.76. The number of methoxy groups -OCH3 is 2. The molecule has 2 unspecified atom stereocenters. The van der Waals surface area contributed by atoms with E-state index in [4.69, 9.17) is 9.47 Å². The molecule has 2 rings (SSSR count). The van der Waals surface area contributed by atoms with Crippen molar-refractivity contribution in [1.82, 2.24) is 10.6 Å². The lowest BCUT2D eigenvalue weighted by molar-refractivity contribution is -0.124. The van der Waals surface area contributed by atoms with Gasteiger partial charge in [0.1, 0.15) is 11.5 Å². The van der Waals surface area contributed by atoms with Crippen molar-refractivity contribution in [3.05, 3.63) is 23.8 Å². The summed E-state index contributed by atoms with van der Waals surface area (Å²) >= 11 is 0. The predicted octanol–water partition coefficient (Wildman–Crippen LogP) is 2.17. The van der Waals surface area contributed by atoms with Crippen LogP contribution >= 0.6 is 0 Å². The summed E-state index contributed by atoms with van der Waals surface area (Å²) in [5.74, 6) is 2.31. The molecule has 1 amide bonds. The summed E-state index contributed by atoms with van der Waals surface area (Å²) < 4.78 is 10.8. The van der Waals surface area contributed by atoms with Gasteiger partial charge in [0.15, 0.2) is 0 Å². The minimum absolute atomic E-state index is 0.0804. The van der Waals surface area contributed by atoms with Crippen molar-refractivity contribution in [3.63, 3.8) is 0 Å². The van der Waals surface area contributed by atoms with Crippen LogP contribution in [0.15, 0.2) is 18.2 Å². The fraction of sp³-hybridized carbons (Fsp3) is 0.611. The van der Waals surface area contributed by atoms with E-state index in [1.807, 2.05) is 18.2 Å². The summed E-state index contributed by atoms with van der Waals surface area (Å²) in [5, 5.41) is 6.40. The highest BCUT2D eigenvalue weighted by atomic mass is 16.5. The number of amides is 1. The third-order valence-electron chi connectivity index (χ3n) is 4.41. The van der Waals surface area contributed by atoms with Crippen molar-refractivity contribution in [1.29, 1.82) is 0 Å². The van der Waals surface area contributed by atoms with E-state index < -0.39 is 0 Å². The van der Waals surface area contributed by atoms with E-state index in [0.29, 0.717) is 12.5 Å². The molecule has 1 fully saturated rings. The van der Waals surface area contributed by atoms with Crippen LogP contribution in [0.1, 0.15) is 31.7 Å². The van der Waals surface area contributed by atoms with E-state index in [0.717, 1.165) is 36.6 Å². The van der Waals surface area contributed by atoms with Gasteiger partial charge in [-0.05, 0) is 30.5 Å². The molecule has 0 radical (unpaired) electrons. The fourth-order valence-corrected chi connectivity index (χ4v) is 3.03. The van der Waals surface area contributed by atoms with E-state index in [1.54, 1.807) is 14.2 Å². The van der Waals surface area contributed by atoms with Crippen LogP contribution in [0.4, 0.5) is 0 Å². The van der Waals surface area contributed by atoms with Crippen molar-refractivity contribution < 1.29 is 14.3 Å². The second-order valence-corrected chi connectivity index (χ2v) is 6.45. The molecule has 1 aromatic rings. The normalized spacial score (nSPS) is 20.6. The molecule has 2 atom stereocenters. The predicted molar refractivity (Wildman–Crippen MR) is 91.1 cm³/mol. The molecule has 128 valence electrons. The number of carbonyl (C=O) groups is 1. The van der Waals surface area contributed by atoms with Gasteiger partial charge in [-0.3, -0.25) is 4.79 Å². The molecule has 0 aliphatic carbocycles. The average molecular weight is 320 g/mol. The summed E-state index contributed by atoms with van der Waals surface area (Å²) in [4.78, 5) is 12.5. The molecule has 1 aliphatic rings. The van der Waals surface area contributed by atoms with Crippen LogP contribution in [0.5, 0.6) is 11.5 Å². The summed E-state index contributed by atoms with van der Waals surface area (Å²) in [5.41, 5.74) is 1.03. The first-order valence-corrected chi connectivity index (χ1v) is 8.27. The van der Waals surface area contributed by atoms with Gasteiger partial charge >= 0.3 is 0 Å². The average Bonchev–Trinajstić information content (AvgIpc) is 3.03. The van der Waals surface area contributed by atoms with Crippen LogP contribution in [-0.2, 0) is 4.79 Å². The van der Waals surface area contributed by atoms with E-state index in [-0.39, 0.29) is 17.7 Å². The van der Waals surface area contributed by atoms with E-state index in [1.165, 1.54) is 0 Å². The molecule has 1 heterocycles. The van der Waals surface area contributed by atoms with Crippen LogP contribution in [0.2, 0.25) is 0 Å². The number of hydrogen-bond acceptors (Lipinski definition) is 4. The highest BCUT2D eigenvalue weighted by molar-refractivity contribution is 5.80. The Labute approximate surface area is 138 Å². The van der Waals surface area contributed by atoms with Crippen LogP contribution in [0.25, 0.3) is 0 Å². The lowest BCUT2D eigenvalue weighted by Crippen LogP contribution is -2.35. The van der Waals surface area contributed by atoms with Crippen molar-refractivity contribution in [2.24, 2.45) is 11.8 Å². The maximum absolute atomic E-state index is 12.5.